The summed E-state index contributed by atoms with van der Waals surface area (Å²) in [6, 6.07) is 5.98. The number of hydrogen-bond donors (Lipinski definition) is 2. The molecular weight excluding hydrogens is 206 g/mol. The van der Waals surface area contributed by atoms with Crippen LogP contribution in [0.25, 0.3) is 10.2 Å². The topological polar surface area (TPSA) is 64.9 Å². The molecule has 2 rings (SSSR count). The zero-order valence-electron chi connectivity index (χ0n) is 6.86. The molecule has 70 valence electrons. The second kappa shape index (κ2) is 3.91. The zero-order chi connectivity index (χ0) is 8.55. The third kappa shape index (κ3) is 1.91. The fourth-order valence-corrected chi connectivity index (χ4v) is 1.83. The summed E-state index contributed by atoms with van der Waals surface area (Å²) in [7, 11) is 0. The first-order chi connectivity index (χ1) is 5.79. The van der Waals surface area contributed by atoms with Gasteiger partial charge in [-0.1, -0.05) is 17.4 Å². The van der Waals surface area contributed by atoms with Crippen LogP contribution in [0, 0.1) is 0 Å². The van der Waals surface area contributed by atoms with Crippen molar-refractivity contribution in [1.29, 1.82) is 0 Å². The SMILES string of the molecule is Cl.NCc1ccc2sc(N)nc2c1. The second-order valence-electron chi connectivity index (χ2n) is 2.56. The van der Waals surface area contributed by atoms with Crippen molar-refractivity contribution >= 4 is 39.1 Å². The molecule has 0 atom stereocenters. The normalized spacial score (nSPS) is 9.92. The summed E-state index contributed by atoms with van der Waals surface area (Å²) in [5.41, 5.74) is 13.1. The lowest BCUT2D eigenvalue weighted by Gasteiger charge is -1.93. The molecule has 0 aliphatic rings. The number of anilines is 1. The predicted octanol–water partition coefficient (Wildman–Crippen LogP) is 1.76. The Morgan fingerprint density at radius 2 is 2.15 bits per heavy atom. The number of halogens is 1. The number of benzene rings is 1. The second-order valence-corrected chi connectivity index (χ2v) is 3.62. The van der Waals surface area contributed by atoms with E-state index in [1.54, 1.807) is 0 Å². The van der Waals surface area contributed by atoms with Gasteiger partial charge in [-0.15, -0.1) is 12.4 Å². The minimum Gasteiger partial charge on any atom is -0.375 e. The van der Waals surface area contributed by atoms with E-state index in [1.165, 1.54) is 11.3 Å². The Hall–Kier alpha value is -0.840. The van der Waals surface area contributed by atoms with Gasteiger partial charge in [0.2, 0.25) is 0 Å². The number of hydrogen-bond acceptors (Lipinski definition) is 4. The van der Waals surface area contributed by atoms with E-state index in [9.17, 15) is 0 Å². The molecule has 13 heavy (non-hydrogen) atoms. The van der Waals surface area contributed by atoms with E-state index in [4.69, 9.17) is 11.5 Å². The quantitative estimate of drug-likeness (QED) is 0.762. The van der Waals surface area contributed by atoms with Crippen molar-refractivity contribution in [2.45, 2.75) is 6.54 Å². The Labute approximate surface area is 86.2 Å². The molecule has 0 aliphatic heterocycles. The molecule has 3 nitrogen and oxygen atoms in total. The molecular formula is C8H10ClN3S. The third-order valence-electron chi connectivity index (χ3n) is 1.70. The highest BCUT2D eigenvalue weighted by Crippen LogP contribution is 2.23. The summed E-state index contributed by atoms with van der Waals surface area (Å²) in [5.74, 6) is 0. The van der Waals surface area contributed by atoms with Crippen LogP contribution < -0.4 is 11.5 Å². The average Bonchev–Trinajstić information content (AvgIpc) is 2.43. The van der Waals surface area contributed by atoms with Gasteiger partial charge in [-0.25, -0.2) is 4.98 Å². The van der Waals surface area contributed by atoms with Gasteiger partial charge in [-0.3, -0.25) is 0 Å². The van der Waals surface area contributed by atoms with Gasteiger partial charge in [-0.05, 0) is 17.7 Å². The Bertz CT molecular complexity index is 413. The van der Waals surface area contributed by atoms with Gasteiger partial charge in [0.05, 0.1) is 10.2 Å². The van der Waals surface area contributed by atoms with E-state index in [0.717, 1.165) is 15.8 Å². The number of thiazole rings is 1. The molecule has 2 aromatic rings. The Balaban J connectivity index is 0.000000845. The van der Waals surface area contributed by atoms with Crippen molar-refractivity contribution < 1.29 is 0 Å². The van der Waals surface area contributed by atoms with Gasteiger partial charge in [0, 0.05) is 6.54 Å². The number of rotatable bonds is 1. The summed E-state index contributed by atoms with van der Waals surface area (Å²) in [6.45, 7) is 0.549. The summed E-state index contributed by atoms with van der Waals surface area (Å²) < 4.78 is 1.12. The summed E-state index contributed by atoms with van der Waals surface area (Å²) in [5, 5.41) is 0.610. The van der Waals surface area contributed by atoms with Crippen molar-refractivity contribution in [2.24, 2.45) is 5.73 Å². The monoisotopic (exact) mass is 215 g/mol. The van der Waals surface area contributed by atoms with Crippen LogP contribution in [0.15, 0.2) is 18.2 Å². The molecule has 0 fully saturated rings. The molecule has 4 N–H and O–H groups in total. The van der Waals surface area contributed by atoms with Crippen LogP contribution in [0.1, 0.15) is 5.56 Å². The molecule has 0 aliphatic carbocycles. The number of aromatic nitrogens is 1. The van der Waals surface area contributed by atoms with Crippen LogP contribution in [0.2, 0.25) is 0 Å². The minimum absolute atomic E-state index is 0. The molecule has 0 radical (unpaired) electrons. The standard InChI is InChI=1S/C8H9N3S.ClH/c9-4-5-1-2-7-6(3-5)11-8(10)12-7;/h1-3H,4,9H2,(H2,10,11);1H. The summed E-state index contributed by atoms with van der Waals surface area (Å²) in [6.07, 6.45) is 0. The molecule has 0 saturated heterocycles. The Morgan fingerprint density at radius 1 is 1.38 bits per heavy atom. The van der Waals surface area contributed by atoms with Crippen molar-refractivity contribution in [3.63, 3.8) is 0 Å². The lowest BCUT2D eigenvalue weighted by Crippen LogP contribution is -1.94. The molecule has 1 heterocycles. The molecule has 0 saturated carbocycles. The number of fused-ring (bicyclic) bond motifs is 1. The van der Waals surface area contributed by atoms with E-state index in [0.29, 0.717) is 11.7 Å². The van der Waals surface area contributed by atoms with E-state index in [2.05, 4.69) is 4.98 Å². The van der Waals surface area contributed by atoms with Crippen LogP contribution in [0.5, 0.6) is 0 Å². The summed E-state index contributed by atoms with van der Waals surface area (Å²) in [4.78, 5) is 4.16. The lowest BCUT2D eigenvalue weighted by atomic mass is 10.2. The Morgan fingerprint density at radius 3 is 2.85 bits per heavy atom. The highest BCUT2D eigenvalue weighted by molar-refractivity contribution is 7.22. The number of nitrogens with two attached hydrogens (primary N) is 2. The van der Waals surface area contributed by atoms with Gasteiger partial charge < -0.3 is 11.5 Å². The van der Waals surface area contributed by atoms with E-state index >= 15 is 0 Å². The molecule has 0 spiro atoms. The van der Waals surface area contributed by atoms with Crippen LogP contribution >= 0.6 is 23.7 Å². The van der Waals surface area contributed by atoms with Crippen LogP contribution in [0.3, 0.4) is 0 Å². The molecule has 1 aromatic heterocycles. The van der Waals surface area contributed by atoms with Gasteiger partial charge in [-0.2, -0.15) is 0 Å². The summed E-state index contributed by atoms with van der Waals surface area (Å²) >= 11 is 1.50. The largest absolute Gasteiger partial charge is 0.375 e. The highest BCUT2D eigenvalue weighted by atomic mass is 35.5. The van der Waals surface area contributed by atoms with Gasteiger partial charge in [0.25, 0.3) is 0 Å². The predicted molar refractivity (Wildman–Crippen MR) is 59.2 cm³/mol. The molecule has 0 unspecified atom stereocenters. The van der Waals surface area contributed by atoms with Crippen LogP contribution in [0.4, 0.5) is 5.13 Å². The first kappa shape index (κ1) is 10.2. The van der Waals surface area contributed by atoms with Gasteiger partial charge in [0.15, 0.2) is 5.13 Å². The molecule has 1 aromatic carbocycles. The molecule has 5 heteroatoms. The minimum atomic E-state index is 0. The maximum Gasteiger partial charge on any atom is 0.181 e. The fraction of sp³-hybridized carbons (Fsp3) is 0.125. The fourth-order valence-electron chi connectivity index (χ4n) is 1.12. The van der Waals surface area contributed by atoms with E-state index in [-0.39, 0.29) is 12.4 Å². The first-order valence-electron chi connectivity index (χ1n) is 3.64. The maximum atomic E-state index is 5.56. The highest BCUT2D eigenvalue weighted by Gasteiger charge is 2.00. The maximum absolute atomic E-state index is 5.56. The average molecular weight is 216 g/mol. The number of nitrogen functional groups attached to an aromatic ring is 1. The molecule has 0 bridgehead atoms. The smallest absolute Gasteiger partial charge is 0.181 e. The van der Waals surface area contributed by atoms with Crippen molar-refractivity contribution in [1.82, 2.24) is 4.98 Å². The molecule has 0 amide bonds. The Kier molecular flexibility index (Phi) is 3.08. The third-order valence-corrected chi connectivity index (χ3v) is 2.57. The van der Waals surface area contributed by atoms with Crippen molar-refractivity contribution in [2.75, 3.05) is 5.73 Å². The first-order valence-corrected chi connectivity index (χ1v) is 4.46. The van der Waals surface area contributed by atoms with Gasteiger partial charge >= 0.3 is 0 Å². The van der Waals surface area contributed by atoms with Crippen molar-refractivity contribution in [3.05, 3.63) is 23.8 Å². The van der Waals surface area contributed by atoms with E-state index in [1.807, 2.05) is 18.2 Å². The van der Waals surface area contributed by atoms with Crippen LogP contribution in [-0.4, -0.2) is 4.98 Å². The number of nitrogens with zero attached hydrogens (tertiary/aromatic N) is 1. The lowest BCUT2D eigenvalue weighted by molar-refractivity contribution is 1.07. The zero-order valence-corrected chi connectivity index (χ0v) is 8.49. The van der Waals surface area contributed by atoms with Crippen molar-refractivity contribution in [3.8, 4) is 0 Å². The van der Waals surface area contributed by atoms with Crippen LogP contribution in [-0.2, 0) is 6.54 Å². The van der Waals surface area contributed by atoms with Gasteiger partial charge in [0.1, 0.15) is 0 Å². The van der Waals surface area contributed by atoms with E-state index < -0.39 is 0 Å².